The molecule has 1 aromatic carbocycles. The summed E-state index contributed by atoms with van der Waals surface area (Å²) in [5, 5.41) is 0. The minimum absolute atomic E-state index is 0.232. The fraction of sp³-hybridized carbons (Fsp3) is 0.667. The Balaban J connectivity index is 1.41. The van der Waals surface area contributed by atoms with Crippen LogP contribution in [0.25, 0.3) is 0 Å². The van der Waals surface area contributed by atoms with Gasteiger partial charge in [-0.2, -0.15) is 0 Å². The van der Waals surface area contributed by atoms with Crippen molar-refractivity contribution in [2.75, 3.05) is 40.0 Å². The number of hydrogen-bond donors (Lipinski definition) is 0. The fourth-order valence-electron chi connectivity index (χ4n) is 4.66. The molecule has 0 aliphatic carbocycles. The van der Waals surface area contributed by atoms with E-state index in [0.29, 0.717) is 12.3 Å². The number of amides is 1. The van der Waals surface area contributed by atoms with Crippen molar-refractivity contribution in [1.82, 2.24) is 4.90 Å². The van der Waals surface area contributed by atoms with Crippen LogP contribution in [0.5, 0.6) is 5.75 Å². The molecule has 2 fully saturated rings. The zero-order valence-electron chi connectivity index (χ0n) is 15.7. The van der Waals surface area contributed by atoms with Gasteiger partial charge in [0.05, 0.1) is 19.3 Å². The molecule has 1 spiro atoms. The van der Waals surface area contributed by atoms with Gasteiger partial charge in [0.25, 0.3) is 0 Å². The lowest BCUT2D eigenvalue weighted by molar-refractivity contribution is -0.142. The van der Waals surface area contributed by atoms with E-state index in [4.69, 9.17) is 14.2 Å². The predicted octanol–water partition coefficient (Wildman–Crippen LogP) is 2.90. The summed E-state index contributed by atoms with van der Waals surface area (Å²) in [6, 6.07) is 6.32. The van der Waals surface area contributed by atoms with E-state index in [2.05, 4.69) is 12.1 Å². The van der Waals surface area contributed by atoms with Crippen molar-refractivity contribution in [2.24, 2.45) is 5.92 Å². The second-order valence-corrected chi connectivity index (χ2v) is 7.78. The van der Waals surface area contributed by atoms with Gasteiger partial charge in [0.2, 0.25) is 5.91 Å². The Morgan fingerprint density at radius 3 is 2.88 bits per heavy atom. The number of piperidine rings is 1. The van der Waals surface area contributed by atoms with Gasteiger partial charge >= 0.3 is 0 Å². The van der Waals surface area contributed by atoms with Crippen LogP contribution < -0.4 is 4.74 Å². The van der Waals surface area contributed by atoms with E-state index in [0.717, 1.165) is 70.8 Å². The molecule has 0 N–H and O–H groups in total. The average Bonchev–Trinajstić information content (AvgIpc) is 2.69. The molecule has 0 aromatic heterocycles. The fourth-order valence-corrected chi connectivity index (χ4v) is 4.66. The number of rotatable bonds is 3. The molecule has 1 amide bonds. The number of nitrogens with zero attached hydrogens (tertiary/aromatic N) is 1. The normalized spacial score (nSPS) is 25.0. The summed E-state index contributed by atoms with van der Waals surface area (Å²) in [5.74, 6) is 1.58. The van der Waals surface area contributed by atoms with E-state index in [9.17, 15) is 4.79 Å². The molecular weight excluding hydrogens is 330 g/mol. The molecule has 0 saturated carbocycles. The van der Waals surface area contributed by atoms with Crippen LogP contribution in [-0.2, 0) is 26.3 Å². The summed E-state index contributed by atoms with van der Waals surface area (Å²) in [6.07, 6.45) is 5.50. The van der Waals surface area contributed by atoms with Crippen molar-refractivity contribution in [3.8, 4) is 5.75 Å². The summed E-state index contributed by atoms with van der Waals surface area (Å²) in [6.45, 7) is 3.88. The SMILES string of the molecule is COc1ccc2c(c1)CCOC21CCN(C(=O)CC2CCCOC2)CC1. The minimum atomic E-state index is -0.232. The van der Waals surface area contributed by atoms with Gasteiger partial charge in [0.15, 0.2) is 0 Å². The Labute approximate surface area is 155 Å². The maximum absolute atomic E-state index is 12.7. The molecule has 1 atom stereocenters. The summed E-state index contributed by atoms with van der Waals surface area (Å²) in [7, 11) is 1.71. The van der Waals surface area contributed by atoms with Crippen LogP contribution in [0.1, 0.15) is 43.2 Å². The van der Waals surface area contributed by atoms with Crippen LogP contribution >= 0.6 is 0 Å². The maximum atomic E-state index is 12.7. The standard InChI is InChI=1S/C21H29NO4/c1-24-18-4-5-19-17(14-18)6-12-26-21(19)7-9-22(10-8-21)20(23)13-16-3-2-11-25-15-16/h4-5,14,16H,2-3,6-13,15H2,1H3. The van der Waals surface area contributed by atoms with Gasteiger partial charge in [-0.05, 0) is 61.3 Å². The highest BCUT2D eigenvalue weighted by atomic mass is 16.5. The molecule has 26 heavy (non-hydrogen) atoms. The van der Waals surface area contributed by atoms with Gasteiger partial charge in [0, 0.05) is 32.7 Å². The van der Waals surface area contributed by atoms with Crippen LogP contribution in [0.2, 0.25) is 0 Å². The Kier molecular flexibility index (Phi) is 5.18. The smallest absolute Gasteiger partial charge is 0.222 e. The Morgan fingerprint density at radius 1 is 1.31 bits per heavy atom. The number of hydrogen-bond acceptors (Lipinski definition) is 4. The van der Waals surface area contributed by atoms with Crippen molar-refractivity contribution in [3.63, 3.8) is 0 Å². The minimum Gasteiger partial charge on any atom is -0.497 e. The molecular formula is C21H29NO4. The van der Waals surface area contributed by atoms with E-state index >= 15 is 0 Å². The predicted molar refractivity (Wildman–Crippen MR) is 98.3 cm³/mol. The number of ether oxygens (including phenoxy) is 3. The largest absolute Gasteiger partial charge is 0.497 e. The van der Waals surface area contributed by atoms with E-state index in [1.807, 2.05) is 11.0 Å². The first kappa shape index (κ1) is 17.8. The van der Waals surface area contributed by atoms with Gasteiger partial charge in [-0.15, -0.1) is 0 Å². The number of carbonyl (C=O) groups excluding carboxylic acids is 1. The highest BCUT2D eigenvalue weighted by Gasteiger charge is 2.41. The number of benzene rings is 1. The lowest BCUT2D eigenvalue weighted by atomic mass is 9.79. The molecule has 5 heteroatoms. The summed E-state index contributed by atoms with van der Waals surface area (Å²) >= 11 is 0. The molecule has 3 aliphatic rings. The van der Waals surface area contributed by atoms with E-state index < -0.39 is 0 Å². The maximum Gasteiger partial charge on any atom is 0.222 e. The molecule has 5 nitrogen and oxygen atoms in total. The zero-order valence-corrected chi connectivity index (χ0v) is 15.7. The quantitative estimate of drug-likeness (QED) is 0.833. The Morgan fingerprint density at radius 2 is 2.15 bits per heavy atom. The highest BCUT2D eigenvalue weighted by molar-refractivity contribution is 5.76. The number of likely N-dealkylation sites (tertiary alicyclic amines) is 1. The number of carbonyl (C=O) groups is 1. The van der Waals surface area contributed by atoms with Crippen LogP contribution in [0.4, 0.5) is 0 Å². The molecule has 1 aromatic rings. The molecule has 1 unspecified atom stereocenters. The Bertz CT molecular complexity index is 645. The van der Waals surface area contributed by atoms with E-state index in [-0.39, 0.29) is 11.5 Å². The van der Waals surface area contributed by atoms with Crippen molar-refractivity contribution in [2.45, 2.75) is 44.1 Å². The second-order valence-electron chi connectivity index (χ2n) is 7.78. The van der Waals surface area contributed by atoms with E-state index in [1.165, 1.54) is 11.1 Å². The third-order valence-electron chi connectivity index (χ3n) is 6.19. The van der Waals surface area contributed by atoms with Gasteiger partial charge < -0.3 is 19.1 Å². The third-order valence-corrected chi connectivity index (χ3v) is 6.19. The molecule has 0 bridgehead atoms. The average molecular weight is 359 g/mol. The second kappa shape index (κ2) is 7.57. The molecule has 4 rings (SSSR count). The molecule has 0 radical (unpaired) electrons. The Hall–Kier alpha value is -1.59. The van der Waals surface area contributed by atoms with Crippen LogP contribution in [0.15, 0.2) is 18.2 Å². The van der Waals surface area contributed by atoms with Crippen molar-refractivity contribution in [1.29, 1.82) is 0 Å². The van der Waals surface area contributed by atoms with Crippen LogP contribution in [-0.4, -0.2) is 50.8 Å². The van der Waals surface area contributed by atoms with Crippen molar-refractivity contribution >= 4 is 5.91 Å². The van der Waals surface area contributed by atoms with Gasteiger partial charge in [-0.25, -0.2) is 0 Å². The molecule has 3 aliphatic heterocycles. The van der Waals surface area contributed by atoms with Gasteiger partial charge in [-0.3, -0.25) is 4.79 Å². The van der Waals surface area contributed by atoms with Crippen molar-refractivity contribution in [3.05, 3.63) is 29.3 Å². The molecule has 3 heterocycles. The lowest BCUT2D eigenvalue weighted by Gasteiger charge is -2.45. The summed E-state index contributed by atoms with van der Waals surface area (Å²) in [4.78, 5) is 14.7. The summed E-state index contributed by atoms with van der Waals surface area (Å²) in [5.41, 5.74) is 2.39. The number of fused-ring (bicyclic) bond motifs is 2. The molecule has 142 valence electrons. The summed E-state index contributed by atoms with van der Waals surface area (Å²) < 4.78 is 17.2. The third kappa shape index (κ3) is 3.47. The lowest BCUT2D eigenvalue weighted by Crippen LogP contribution is -2.48. The van der Waals surface area contributed by atoms with Crippen LogP contribution in [0.3, 0.4) is 0 Å². The zero-order chi connectivity index (χ0) is 18.0. The first-order chi connectivity index (χ1) is 12.7. The van der Waals surface area contributed by atoms with Gasteiger partial charge in [0.1, 0.15) is 5.75 Å². The molecule has 2 saturated heterocycles. The highest BCUT2D eigenvalue weighted by Crippen LogP contribution is 2.42. The first-order valence-electron chi connectivity index (χ1n) is 9.87. The topological polar surface area (TPSA) is 48.0 Å². The van der Waals surface area contributed by atoms with E-state index in [1.54, 1.807) is 7.11 Å². The monoisotopic (exact) mass is 359 g/mol. The van der Waals surface area contributed by atoms with Gasteiger partial charge in [-0.1, -0.05) is 6.07 Å². The van der Waals surface area contributed by atoms with Crippen molar-refractivity contribution < 1.29 is 19.0 Å². The van der Waals surface area contributed by atoms with Crippen LogP contribution in [0, 0.1) is 5.92 Å². The first-order valence-corrected chi connectivity index (χ1v) is 9.87. The number of methoxy groups -OCH3 is 1.